The number of halogens is 2. The van der Waals surface area contributed by atoms with Crippen molar-refractivity contribution >= 4 is 73.5 Å². The molecule has 0 aromatic heterocycles. The number of hydrogen-bond donors (Lipinski definition) is 0. The van der Waals surface area contributed by atoms with E-state index in [1.54, 1.807) is 32.1 Å². The molecule has 0 unspecified atom stereocenters. The van der Waals surface area contributed by atoms with E-state index in [9.17, 15) is 14.4 Å². The van der Waals surface area contributed by atoms with Crippen molar-refractivity contribution < 1.29 is 23.9 Å². The van der Waals surface area contributed by atoms with Crippen molar-refractivity contribution in [3.8, 4) is 5.75 Å². The second-order valence-corrected chi connectivity index (χ2v) is 10.0. The van der Waals surface area contributed by atoms with E-state index in [2.05, 4.69) is 38.5 Å². The van der Waals surface area contributed by atoms with Gasteiger partial charge < -0.3 is 9.47 Å². The summed E-state index contributed by atoms with van der Waals surface area (Å²) in [7, 11) is 0. The minimum atomic E-state index is -0.615. The molecule has 1 aliphatic heterocycles. The Morgan fingerprint density at radius 3 is 2.55 bits per heavy atom. The van der Waals surface area contributed by atoms with Gasteiger partial charge >= 0.3 is 5.97 Å². The van der Waals surface area contributed by atoms with Gasteiger partial charge in [-0.2, -0.15) is 0 Å². The molecular weight excluding hydrogens is 597 g/mol. The molecule has 31 heavy (non-hydrogen) atoms. The highest BCUT2D eigenvalue weighted by Gasteiger charge is 2.36. The largest absolute Gasteiger partial charge is 0.488 e. The monoisotopic (exact) mass is 615 g/mol. The predicted octanol–water partition coefficient (Wildman–Crippen LogP) is 5.62. The summed E-state index contributed by atoms with van der Waals surface area (Å²) in [6.07, 6.45) is 1.30. The summed E-state index contributed by atoms with van der Waals surface area (Å²) >= 11 is 6.54. The number of benzene rings is 2. The van der Waals surface area contributed by atoms with E-state index in [0.29, 0.717) is 12.4 Å². The number of imide groups is 1. The number of nitrogens with zero attached hydrogens (tertiary/aromatic N) is 1. The van der Waals surface area contributed by atoms with Crippen LogP contribution in [0.5, 0.6) is 5.75 Å². The Hall–Kier alpha value is -1.85. The van der Waals surface area contributed by atoms with Crippen LogP contribution in [0.3, 0.4) is 0 Å². The third-order valence-corrected chi connectivity index (χ3v) is 6.34. The van der Waals surface area contributed by atoms with Crippen LogP contribution in [0.1, 0.15) is 25.0 Å². The van der Waals surface area contributed by atoms with Crippen molar-refractivity contribution in [3.05, 3.63) is 66.5 Å². The van der Waals surface area contributed by atoms with Crippen LogP contribution in [0.4, 0.5) is 4.79 Å². The number of esters is 1. The van der Waals surface area contributed by atoms with Crippen LogP contribution in [0, 0.1) is 3.57 Å². The summed E-state index contributed by atoms with van der Waals surface area (Å²) in [6, 6.07) is 13.5. The Kier molecular flexibility index (Phi) is 8.17. The number of thioether (sulfide) groups is 1. The number of amides is 2. The second kappa shape index (κ2) is 10.6. The Morgan fingerprint density at radius 1 is 1.19 bits per heavy atom. The fourth-order valence-corrected chi connectivity index (χ4v) is 4.39. The number of rotatable bonds is 7. The first-order valence-corrected chi connectivity index (χ1v) is 12.0. The fraction of sp³-hybridized carbons (Fsp3) is 0.227. The Morgan fingerprint density at radius 2 is 1.90 bits per heavy atom. The Balaban J connectivity index is 1.67. The minimum absolute atomic E-state index is 0.252. The van der Waals surface area contributed by atoms with Gasteiger partial charge in [-0.1, -0.05) is 18.2 Å². The zero-order valence-electron chi connectivity index (χ0n) is 16.8. The van der Waals surface area contributed by atoms with Crippen LogP contribution in [0.15, 0.2) is 51.8 Å². The molecule has 0 spiro atoms. The number of carbonyl (C=O) groups is 3. The highest BCUT2D eigenvalue weighted by atomic mass is 127. The summed E-state index contributed by atoms with van der Waals surface area (Å²) in [6.45, 7) is 3.45. The van der Waals surface area contributed by atoms with Crippen LogP contribution in [-0.4, -0.2) is 34.7 Å². The van der Waals surface area contributed by atoms with Crippen molar-refractivity contribution in [2.24, 2.45) is 0 Å². The van der Waals surface area contributed by atoms with E-state index in [4.69, 9.17) is 9.47 Å². The van der Waals surface area contributed by atoms with E-state index in [0.717, 1.165) is 35.8 Å². The van der Waals surface area contributed by atoms with Gasteiger partial charge in [0, 0.05) is 3.57 Å². The van der Waals surface area contributed by atoms with Gasteiger partial charge in [-0.3, -0.25) is 19.3 Å². The Bertz CT molecular complexity index is 1040. The van der Waals surface area contributed by atoms with Gasteiger partial charge in [0.25, 0.3) is 11.1 Å². The molecular formula is C22H19BrINO5S. The van der Waals surface area contributed by atoms with Crippen LogP contribution in [-0.2, 0) is 20.9 Å². The second-order valence-electron chi connectivity index (χ2n) is 6.91. The lowest BCUT2D eigenvalue weighted by molar-refractivity contribution is -0.149. The van der Waals surface area contributed by atoms with Gasteiger partial charge in [0.1, 0.15) is 18.9 Å². The highest BCUT2D eigenvalue weighted by molar-refractivity contribution is 14.1. The molecule has 162 valence electrons. The molecule has 3 rings (SSSR count). The highest BCUT2D eigenvalue weighted by Crippen LogP contribution is 2.34. The standard InChI is InChI=1S/C22H19BrINO5S/c1-13(2)30-20(26)11-25-21(27)19(31-22(25)28)10-15-5-8-18(17(23)9-15)29-12-14-3-6-16(24)7-4-14/h3-10,13H,11-12H2,1-2H3/b19-10+. The molecule has 0 radical (unpaired) electrons. The number of ether oxygens (including phenoxy) is 2. The molecule has 0 atom stereocenters. The first kappa shape index (κ1) is 23.8. The minimum Gasteiger partial charge on any atom is -0.488 e. The van der Waals surface area contributed by atoms with Crippen molar-refractivity contribution in [2.75, 3.05) is 6.54 Å². The van der Waals surface area contributed by atoms with E-state index >= 15 is 0 Å². The van der Waals surface area contributed by atoms with Gasteiger partial charge in [0.15, 0.2) is 0 Å². The van der Waals surface area contributed by atoms with Crippen LogP contribution < -0.4 is 4.74 Å². The average Bonchev–Trinajstić information content (AvgIpc) is 2.95. The maximum Gasteiger partial charge on any atom is 0.326 e. The van der Waals surface area contributed by atoms with Gasteiger partial charge in [0.05, 0.1) is 15.5 Å². The van der Waals surface area contributed by atoms with Crippen LogP contribution in [0.25, 0.3) is 6.08 Å². The molecule has 0 saturated carbocycles. The molecule has 1 saturated heterocycles. The number of carbonyl (C=O) groups excluding carboxylic acids is 3. The van der Waals surface area contributed by atoms with E-state index in [1.807, 2.05) is 30.3 Å². The fourth-order valence-electron chi connectivity index (χ4n) is 2.68. The molecule has 1 aliphatic rings. The molecule has 0 bridgehead atoms. The van der Waals surface area contributed by atoms with Crippen molar-refractivity contribution in [1.82, 2.24) is 4.90 Å². The summed E-state index contributed by atoms with van der Waals surface area (Å²) in [4.78, 5) is 37.7. The smallest absolute Gasteiger partial charge is 0.326 e. The zero-order valence-corrected chi connectivity index (χ0v) is 21.3. The topological polar surface area (TPSA) is 72.9 Å². The molecule has 1 heterocycles. The third-order valence-electron chi connectivity index (χ3n) is 4.09. The normalized spacial score (nSPS) is 15.1. The molecule has 2 aromatic carbocycles. The quantitative estimate of drug-likeness (QED) is 0.229. The number of hydrogen-bond acceptors (Lipinski definition) is 6. The lowest BCUT2D eigenvalue weighted by atomic mass is 10.2. The van der Waals surface area contributed by atoms with Crippen LogP contribution >= 0.6 is 50.3 Å². The van der Waals surface area contributed by atoms with E-state index in [1.165, 1.54) is 0 Å². The van der Waals surface area contributed by atoms with Gasteiger partial charge in [0.2, 0.25) is 0 Å². The molecule has 0 N–H and O–H groups in total. The lowest BCUT2D eigenvalue weighted by Gasteiger charge is -2.13. The SMILES string of the molecule is CC(C)OC(=O)CN1C(=O)S/C(=C/c2ccc(OCc3ccc(I)cc3)c(Br)c2)C1=O. The lowest BCUT2D eigenvalue weighted by Crippen LogP contribution is -2.35. The maximum atomic E-state index is 12.5. The van der Waals surface area contributed by atoms with Crippen molar-refractivity contribution in [2.45, 2.75) is 26.6 Å². The average molecular weight is 616 g/mol. The molecule has 2 aromatic rings. The molecule has 2 amide bonds. The summed E-state index contributed by atoms with van der Waals surface area (Å²) in [5.41, 5.74) is 1.78. The first-order chi connectivity index (χ1) is 14.7. The zero-order chi connectivity index (χ0) is 22.5. The predicted molar refractivity (Wildman–Crippen MR) is 132 cm³/mol. The summed E-state index contributed by atoms with van der Waals surface area (Å²) in [5, 5.41) is -0.492. The molecule has 1 fully saturated rings. The maximum absolute atomic E-state index is 12.5. The summed E-state index contributed by atoms with van der Waals surface area (Å²) in [5.74, 6) is -0.456. The van der Waals surface area contributed by atoms with Crippen molar-refractivity contribution in [3.63, 3.8) is 0 Å². The summed E-state index contributed by atoms with van der Waals surface area (Å²) < 4.78 is 12.8. The molecule has 0 aliphatic carbocycles. The Labute approximate surface area is 206 Å². The van der Waals surface area contributed by atoms with E-state index < -0.39 is 23.7 Å². The van der Waals surface area contributed by atoms with E-state index in [-0.39, 0.29) is 11.0 Å². The molecule has 9 heteroatoms. The van der Waals surface area contributed by atoms with Crippen molar-refractivity contribution in [1.29, 1.82) is 0 Å². The van der Waals surface area contributed by atoms with Gasteiger partial charge in [-0.05, 0) is 106 Å². The van der Waals surface area contributed by atoms with Gasteiger partial charge in [-0.25, -0.2) is 0 Å². The molecule has 6 nitrogen and oxygen atoms in total. The van der Waals surface area contributed by atoms with Gasteiger partial charge in [-0.15, -0.1) is 0 Å². The van der Waals surface area contributed by atoms with Crippen LogP contribution in [0.2, 0.25) is 0 Å². The third kappa shape index (κ3) is 6.56. The first-order valence-electron chi connectivity index (χ1n) is 9.34.